The molecule has 0 aromatic heterocycles. The number of allylic oxidation sites excluding steroid dienone is 1. The van der Waals surface area contributed by atoms with Crippen molar-refractivity contribution in [2.75, 3.05) is 28.3 Å². The molecule has 0 saturated heterocycles. The van der Waals surface area contributed by atoms with Crippen molar-refractivity contribution in [3.63, 3.8) is 0 Å². The molecule has 1 aromatic rings. The highest BCUT2D eigenvalue weighted by Gasteiger charge is 2.37. The van der Waals surface area contributed by atoms with E-state index in [1.807, 2.05) is 12.1 Å². The second kappa shape index (κ2) is 6.29. The molecule has 4 heteroatoms. The van der Waals surface area contributed by atoms with Crippen molar-refractivity contribution in [2.45, 2.75) is 24.4 Å². The first kappa shape index (κ1) is 14.9. The van der Waals surface area contributed by atoms with E-state index in [0.717, 1.165) is 17.9 Å². The van der Waals surface area contributed by atoms with Gasteiger partial charge in [-0.15, -0.1) is 0 Å². The second-order valence-corrected chi connectivity index (χ2v) is 5.62. The minimum absolute atomic E-state index is 0.325. The molecule has 1 aliphatic rings. The molecule has 110 valence electrons. The van der Waals surface area contributed by atoms with Gasteiger partial charge in [0.2, 0.25) is 0 Å². The van der Waals surface area contributed by atoms with E-state index < -0.39 is 0 Å². The molecule has 4 N–H and O–H groups in total. The molecule has 2 rings (SSSR count). The third kappa shape index (κ3) is 2.67. The van der Waals surface area contributed by atoms with Crippen LogP contribution in [0.5, 0.6) is 11.5 Å². The number of ether oxygens (including phenoxy) is 2. The van der Waals surface area contributed by atoms with Crippen LogP contribution in [-0.2, 0) is 0 Å². The van der Waals surface area contributed by atoms with Gasteiger partial charge < -0.3 is 20.1 Å². The average Bonchev–Trinajstić information content (AvgIpc) is 2.46. The van der Waals surface area contributed by atoms with Gasteiger partial charge in [-0.1, -0.05) is 18.2 Å². The molecule has 0 aliphatic heterocycles. The number of rotatable bonds is 4. The van der Waals surface area contributed by atoms with E-state index in [4.69, 9.17) is 9.47 Å². The molecule has 3 atom stereocenters. The number of nitrogens with one attached hydrogen (secondary N) is 1. The molecular formula is C16H26N2O2+2. The number of hydrogen-bond acceptors (Lipinski definition) is 2. The zero-order valence-electron chi connectivity index (χ0n) is 12.8. The second-order valence-electron chi connectivity index (χ2n) is 5.62. The first-order chi connectivity index (χ1) is 9.60. The number of benzene rings is 1. The van der Waals surface area contributed by atoms with E-state index in [9.17, 15) is 0 Å². The lowest BCUT2D eigenvalue weighted by atomic mass is 9.80. The fourth-order valence-electron chi connectivity index (χ4n) is 3.12. The van der Waals surface area contributed by atoms with Gasteiger partial charge in [-0.05, 0) is 18.6 Å². The summed E-state index contributed by atoms with van der Waals surface area (Å²) in [5.74, 6) is 2.00. The quantitative estimate of drug-likeness (QED) is 0.754. The highest BCUT2D eigenvalue weighted by molar-refractivity contribution is 5.49. The maximum absolute atomic E-state index is 5.58. The van der Waals surface area contributed by atoms with Crippen LogP contribution in [0.3, 0.4) is 0 Å². The van der Waals surface area contributed by atoms with E-state index in [-0.39, 0.29) is 0 Å². The fraction of sp³-hybridized carbons (Fsp3) is 0.500. The SMILES string of the molecule is COc1cccc([C@@H]2CC=C[C@H]([NH+](C)C)C2[NH3+])c1OC. The summed E-state index contributed by atoms with van der Waals surface area (Å²) in [5.41, 5.74) is 5.62. The Bertz CT molecular complexity index is 485. The van der Waals surface area contributed by atoms with Gasteiger partial charge in [0, 0.05) is 11.5 Å². The summed E-state index contributed by atoms with van der Waals surface area (Å²) in [6.45, 7) is 0. The molecule has 0 saturated carbocycles. The molecule has 0 bridgehead atoms. The predicted molar refractivity (Wildman–Crippen MR) is 79.3 cm³/mol. The average molecular weight is 278 g/mol. The van der Waals surface area contributed by atoms with Gasteiger partial charge in [-0.25, -0.2) is 0 Å². The molecule has 0 spiro atoms. The highest BCUT2D eigenvalue weighted by atomic mass is 16.5. The van der Waals surface area contributed by atoms with Gasteiger partial charge in [0.05, 0.1) is 28.3 Å². The largest absolute Gasteiger partial charge is 0.493 e. The van der Waals surface area contributed by atoms with Crippen LogP contribution in [0.1, 0.15) is 17.9 Å². The van der Waals surface area contributed by atoms with Gasteiger partial charge in [-0.3, -0.25) is 0 Å². The van der Waals surface area contributed by atoms with Crippen molar-refractivity contribution in [3.8, 4) is 11.5 Å². The molecule has 0 radical (unpaired) electrons. The monoisotopic (exact) mass is 278 g/mol. The molecule has 20 heavy (non-hydrogen) atoms. The smallest absolute Gasteiger partial charge is 0.164 e. The van der Waals surface area contributed by atoms with Crippen LogP contribution in [0, 0.1) is 0 Å². The van der Waals surface area contributed by atoms with E-state index in [0.29, 0.717) is 18.0 Å². The van der Waals surface area contributed by atoms with E-state index in [2.05, 4.69) is 38.0 Å². The zero-order chi connectivity index (χ0) is 14.7. The maximum Gasteiger partial charge on any atom is 0.164 e. The Hall–Kier alpha value is -1.52. The van der Waals surface area contributed by atoms with Crippen LogP contribution in [0.4, 0.5) is 0 Å². The highest BCUT2D eigenvalue weighted by Crippen LogP contribution is 2.39. The molecule has 0 amide bonds. The number of para-hydroxylation sites is 1. The Morgan fingerprint density at radius 3 is 2.55 bits per heavy atom. The van der Waals surface area contributed by atoms with Gasteiger partial charge in [0.1, 0.15) is 6.04 Å². The van der Waals surface area contributed by atoms with E-state index in [1.165, 1.54) is 10.5 Å². The van der Waals surface area contributed by atoms with Gasteiger partial charge in [0.15, 0.2) is 17.5 Å². The fourth-order valence-corrected chi connectivity index (χ4v) is 3.12. The molecule has 1 aromatic carbocycles. The molecule has 1 aliphatic carbocycles. The van der Waals surface area contributed by atoms with Crippen molar-refractivity contribution in [2.24, 2.45) is 0 Å². The summed E-state index contributed by atoms with van der Waals surface area (Å²) in [4.78, 5) is 1.41. The lowest BCUT2D eigenvalue weighted by molar-refractivity contribution is -0.891. The van der Waals surface area contributed by atoms with Crippen LogP contribution < -0.4 is 20.1 Å². The summed E-state index contributed by atoms with van der Waals surface area (Å²) in [5, 5.41) is 0. The van der Waals surface area contributed by atoms with Gasteiger partial charge in [0.25, 0.3) is 0 Å². The Labute approximate surface area is 121 Å². The molecule has 0 heterocycles. The number of hydrogen-bond donors (Lipinski definition) is 2. The topological polar surface area (TPSA) is 50.5 Å². The zero-order valence-corrected chi connectivity index (χ0v) is 12.8. The lowest BCUT2D eigenvalue weighted by Gasteiger charge is -2.31. The number of quaternary nitrogens is 2. The Morgan fingerprint density at radius 1 is 1.20 bits per heavy atom. The standard InChI is InChI=1S/C16H24N2O2/c1-18(2)13-9-5-7-11(15(13)17)12-8-6-10-14(19-3)16(12)20-4/h5-6,8-11,13,15H,7,17H2,1-4H3/p+2/t11-,13-,15?/m0/s1. The Balaban J connectivity index is 2.39. The Kier molecular flexibility index (Phi) is 4.68. The van der Waals surface area contributed by atoms with E-state index >= 15 is 0 Å². The predicted octanol–water partition coefficient (Wildman–Crippen LogP) is -0.129. The summed E-state index contributed by atoms with van der Waals surface area (Å²) in [6.07, 6.45) is 5.56. The molecule has 0 fully saturated rings. The van der Waals surface area contributed by atoms with Crippen LogP contribution in [0.15, 0.2) is 30.4 Å². The third-order valence-electron chi connectivity index (χ3n) is 4.21. The Morgan fingerprint density at radius 2 is 1.95 bits per heavy atom. The minimum Gasteiger partial charge on any atom is -0.493 e. The van der Waals surface area contributed by atoms with Crippen molar-refractivity contribution in [1.82, 2.24) is 0 Å². The number of likely N-dealkylation sites (N-methyl/N-ethyl adjacent to an activating group) is 1. The molecule has 1 unspecified atom stereocenters. The molecule has 4 nitrogen and oxygen atoms in total. The van der Waals surface area contributed by atoms with Crippen molar-refractivity contribution in [1.29, 1.82) is 0 Å². The summed E-state index contributed by atoms with van der Waals surface area (Å²) in [6, 6.07) is 6.86. The summed E-state index contributed by atoms with van der Waals surface area (Å²) < 4.78 is 11.0. The summed E-state index contributed by atoms with van der Waals surface area (Å²) in [7, 11) is 7.74. The number of methoxy groups -OCH3 is 2. The van der Waals surface area contributed by atoms with E-state index in [1.54, 1.807) is 14.2 Å². The first-order valence-electron chi connectivity index (χ1n) is 7.10. The molecular weight excluding hydrogens is 252 g/mol. The van der Waals surface area contributed by atoms with Crippen molar-refractivity contribution in [3.05, 3.63) is 35.9 Å². The van der Waals surface area contributed by atoms with Crippen LogP contribution >= 0.6 is 0 Å². The van der Waals surface area contributed by atoms with Crippen molar-refractivity contribution >= 4 is 0 Å². The van der Waals surface area contributed by atoms with Crippen LogP contribution in [0.25, 0.3) is 0 Å². The third-order valence-corrected chi connectivity index (χ3v) is 4.21. The van der Waals surface area contributed by atoms with Crippen LogP contribution in [0.2, 0.25) is 0 Å². The van der Waals surface area contributed by atoms with Crippen molar-refractivity contribution < 1.29 is 20.1 Å². The van der Waals surface area contributed by atoms with Gasteiger partial charge >= 0.3 is 0 Å². The van der Waals surface area contributed by atoms with Crippen LogP contribution in [-0.4, -0.2) is 40.4 Å². The maximum atomic E-state index is 5.58. The summed E-state index contributed by atoms with van der Waals surface area (Å²) >= 11 is 0. The first-order valence-corrected chi connectivity index (χ1v) is 7.10. The lowest BCUT2D eigenvalue weighted by Crippen LogP contribution is -3.13. The minimum atomic E-state index is 0.325. The van der Waals surface area contributed by atoms with Gasteiger partial charge in [-0.2, -0.15) is 0 Å². The normalized spacial score (nSPS) is 25.8.